The van der Waals surface area contributed by atoms with Gasteiger partial charge in [0, 0.05) is 0 Å². The van der Waals surface area contributed by atoms with Crippen LogP contribution in [-0.2, 0) is 0 Å². The van der Waals surface area contributed by atoms with Gasteiger partial charge in [-0.25, -0.2) is 9.97 Å². The van der Waals surface area contributed by atoms with Crippen LogP contribution < -0.4 is 0 Å². The summed E-state index contributed by atoms with van der Waals surface area (Å²) in [7, 11) is 0. The highest BCUT2D eigenvalue weighted by atomic mass is 32.1. The van der Waals surface area contributed by atoms with Crippen LogP contribution in [0.3, 0.4) is 0 Å². The minimum Gasteiger partial charge on any atom is -0.507 e. The van der Waals surface area contributed by atoms with Crippen LogP contribution in [0.2, 0.25) is 0 Å². The molecule has 0 radical (unpaired) electrons. The Balaban J connectivity index is 1.94. The molecule has 0 bridgehead atoms. The van der Waals surface area contributed by atoms with Crippen molar-refractivity contribution in [2.45, 2.75) is 6.92 Å². The lowest BCUT2D eigenvalue weighted by Crippen LogP contribution is -1.99. The Morgan fingerprint density at radius 2 is 1.77 bits per heavy atom. The zero-order valence-corrected chi connectivity index (χ0v) is 12.6. The molecule has 0 aliphatic rings. The van der Waals surface area contributed by atoms with Crippen molar-refractivity contribution in [2.24, 2.45) is 0 Å². The Kier molecular flexibility index (Phi) is 2.90. The zero-order valence-electron chi connectivity index (χ0n) is 11.8. The van der Waals surface area contributed by atoms with Crippen molar-refractivity contribution in [1.29, 1.82) is 0 Å². The van der Waals surface area contributed by atoms with E-state index in [1.807, 2.05) is 43.3 Å². The van der Waals surface area contributed by atoms with Gasteiger partial charge in [-0.05, 0) is 31.2 Å². The maximum absolute atomic E-state index is 10.1. The first-order valence-corrected chi connectivity index (χ1v) is 7.62. The molecule has 6 heteroatoms. The highest BCUT2D eigenvalue weighted by Gasteiger charge is 2.17. The van der Waals surface area contributed by atoms with Gasteiger partial charge in [0.05, 0.1) is 15.8 Å². The summed E-state index contributed by atoms with van der Waals surface area (Å²) in [5, 5.41) is 15.3. The molecule has 0 aliphatic heterocycles. The Morgan fingerprint density at radius 1 is 1.00 bits per heavy atom. The number of aryl methyl sites for hydroxylation is 1. The molecule has 5 nitrogen and oxygen atoms in total. The molecule has 0 atom stereocenters. The molecule has 0 spiro atoms. The number of hydrogen-bond donors (Lipinski definition) is 1. The van der Waals surface area contributed by atoms with Crippen LogP contribution in [0.5, 0.6) is 5.75 Å². The van der Waals surface area contributed by atoms with E-state index < -0.39 is 0 Å². The zero-order chi connectivity index (χ0) is 15.1. The van der Waals surface area contributed by atoms with Gasteiger partial charge in [-0.2, -0.15) is 4.68 Å². The number of benzene rings is 2. The second-order valence-corrected chi connectivity index (χ2v) is 5.88. The monoisotopic (exact) mass is 308 g/mol. The van der Waals surface area contributed by atoms with Gasteiger partial charge in [-0.1, -0.05) is 35.6 Å². The van der Waals surface area contributed by atoms with Crippen molar-refractivity contribution in [3.63, 3.8) is 0 Å². The van der Waals surface area contributed by atoms with E-state index in [1.165, 1.54) is 0 Å². The number of thiazole rings is 1. The number of rotatable bonds is 2. The fourth-order valence-corrected chi connectivity index (χ4v) is 3.26. The van der Waals surface area contributed by atoms with Crippen LogP contribution in [0.25, 0.3) is 26.7 Å². The third-order valence-corrected chi connectivity index (χ3v) is 4.33. The molecular weight excluding hydrogens is 296 g/mol. The third-order valence-electron chi connectivity index (χ3n) is 3.32. The molecule has 1 N–H and O–H groups in total. The number of para-hydroxylation sites is 2. The standard InChI is InChI=1S/C16H12N4OS/c1-10-17-15(11-6-2-4-8-13(11)21)20(19-10)16-18-12-7-3-5-9-14(12)22-16/h2-9,21H,1H3. The predicted molar refractivity (Wildman–Crippen MR) is 86.4 cm³/mol. The molecule has 0 fully saturated rings. The molecule has 2 heterocycles. The number of fused-ring (bicyclic) bond motifs is 1. The quantitative estimate of drug-likeness (QED) is 0.615. The average molecular weight is 308 g/mol. The van der Waals surface area contributed by atoms with E-state index in [1.54, 1.807) is 28.2 Å². The summed E-state index contributed by atoms with van der Waals surface area (Å²) < 4.78 is 2.78. The molecule has 22 heavy (non-hydrogen) atoms. The van der Waals surface area contributed by atoms with Crippen molar-refractivity contribution in [1.82, 2.24) is 19.7 Å². The maximum Gasteiger partial charge on any atom is 0.213 e. The topological polar surface area (TPSA) is 63.8 Å². The summed E-state index contributed by atoms with van der Waals surface area (Å²) in [4.78, 5) is 9.06. The Morgan fingerprint density at radius 3 is 2.59 bits per heavy atom. The first-order valence-electron chi connectivity index (χ1n) is 6.80. The number of hydrogen-bond acceptors (Lipinski definition) is 5. The Hall–Kier alpha value is -2.73. The first-order chi connectivity index (χ1) is 10.7. The molecule has 2 aromatic carbocycles. The van der Waals surface area contributed by atoms with E-state index in [0.717, 1.165) is 15.3 Å². The van der Waals surface area contributed by atoms with Crippen LogP contribution in [-0.4, -0.2) is 24.9 Å². The lowest BCUT2D eigenvalue weighted by molar-refractivity contribution is 0.476. The van der Waals surface area contributed by atoms with Gasteiger partial charge in [0.1, 0.15) is 11.6 Å². The maximum atomic E-state index is 10.1. The highest BCUT2D eigenvalue weighted by Crippen LogP contribution is 2.31. The van der Waals surface area contributed by atoms with E-state index in [-0.39, 0.29) is 5.75 Å². The van der Waals surface area contributed by atoms with Gasteiger partial charge in [-0.3, -0.25) is 0 Å². The van der Waals surface area contributed by atoms with Gasteiger partial charge >= 0.3 is 0 Å². The minimum absolute atomic E-state index is 0.178. The second-order valence-electron chi connectivity index (χ2n) is 4.88. The molecule has 0 unspecified atom stereocenters. The van der Waals surface area contributed by atoms with Gasteiger partial charge in [-0.15, -0.1) is 5.10 Å². The predicted octanol–water partition coefficient (Wildman–Crippen LogP) is 3.56. The molecular formula is C16H12N4OS. The minimum atomic E-state index is 0.178. The molecule has 4 aromatic rings. The number of phenols is 1. The molecule has 0 amide bonds. The molecule has 4 rings (SSSR count). The van der Waals surface area contributed by atoms with Gasteiger partial charge < -0.3 is 5.11 Å². The van der Waals surface area contributed by atoms with Crippen molar-refractivity contribution in [2.75, 3.05) is 0 Å². The van der Waals surface area contributed by atoms with Crippen LogP contribution in [0.15, 0.2) is 48.5 Å². The molecule has 0 saturated heterocycles. The summed E-state index contributed by atoms with van der Waals surface area (Å²) in [5.41, 5.74) is 1.57. The number of phenolic OH excluding ortho intramolecular Hbond substituents is 1. The van der Waals surface area contributed by atoms with Crippen molar-refractivity contribution >= 4 is 21.6 Å². The number of aromatic hydroxyl groups is 1. The van der Waals surface area contributed by atoms with E-state index in [2.05, 4.69) is 15.1 Å². The Labute approximate surface area is 130 Å². The SMILES string of the molecule is Cc1nc(-c2ccccc2O)n(-c2nc3ccccc3s2)n1. The number of aromatic nitrogens is 4. The smallest absolute Gasteiger partial charge is 0.213 e. The summed E-state index contributed by atoms with van der Waals surface area (Å²) in [5.74, 6) is 1.41. The third kappa shape index (κ3) is 2.05. The highest BCUT2D eigenvalue weighted by molar-refractivity contribution is 7.20. The van der Waals surface area contributed by atoms with E-state index in [9.17, 15) is 5.11 Å². The first kappa shape index (κ1) is 13.0. The van der Waals surface area contributed by atoms with Crippen LogP contribution in [0.1, 0.15) is 5.82 Å². The van der Waals surface area contributed by atoms with Crippen molar-refractivity contribution in [3.8, 4) is 22.3 Å². The molecule has 0 aliphatic carbocycles. The average Bonchev–Trinajstić information content (AvgIpc) is 3.10. The van der Waals surface area contributed by atoms with E-state index >= 15 is 0 Å². The van der Waals surface area contributed by atoms with E-state index in [4.69, 9.17) is 0 Å². The van der Waals surface area contributed by atoms with Crippen LogP contribution in [0, 0.1) is 6.92 Å². The summed E-state index contributed by atoms with van der Waals surface area (Å²) in [6.07, 6.45) is 0. The van der Waals surface area contributed by atoms with Crippen LogP contribution >= 0.6 is 11.3 Å². The largest absolute Gasteiger partial charge is 0.507 e. The fraction of sp³-hybridized carbons (Fsp3) is 0.0625. The fourth-order valence-electron chi connectivity index (χ4n) is 2.34. The van der Waals surface area contributed by atoms with Gasteiger partial charge in [0.25, 0.3) is 0 Å². The molecule has 0 saturated carbocycles. The van der Waals surface area contributed by atoms with Gasteiger partial charge in [0.15, 0.2) is 5.82 Å². The molecule has 108 valence electrons. The van der Waals surface area contributed by atoms with Crippen LogP contribution in [0.4, 0.5) is 0 Å². The normalized spacial score (nSPS) is 11.1. The summed E-state index contributed by atoms with van der Waals surface area (Å²) in [6, 6.07) is 15.1. The van der Waals surface area contributed by atoms with Crippen molar-refractivity contribution in [3.05, 3.63) is 54.4 Å². The van der Waals surface area contributed by atoms with Crippen molar-refractivity contribution < 1.29 is 5.11 Å². The Bertz CT molecular complexity index is 940. The molecule has 2 aromatic heterocycles. The van der Waals surface area contributed by atoms with E-state index in [0.29, 0.717) is 17.2 Å². The lowest BCUT2D eigenvalue weighted by Gasteiger charge is -2.04. The summed E-state index contributed by atoms with van der Waals surface area (Å²) in [6.45, 7) is 1.83. The van der Waals surface area contributed by atoms with Gasteiger partial charge in [0.2, 0.25) is 5.13 Å². The lowest BCUT2D eigenvalue weighted by atomic mass is 10.2. The number of nitrogens with zero attached hydrogens (tertiary/aromatic N) is 4. The summed E-state index contributed by atoms with van der Waals surface area (Å²) >= 11 is 1.55. The second kappa shape index (κ2) is 4.92.